The van der Waals surface area contributed by atoms with Crippen molar-refractivity contribution in [3.05, 3.63) is 53.6 Å². The lowest BCUT2D eigenvalue weighted by Gasteiger charge is -2.52. The van der Waals surface area contributed by atoms with Crippen LogP contribution in [0.4, 0.5) is 0 Å². The summed E-state index contributed by atoms with van der Waals surface area (Å²) < 4.78 is 0. The van der Waals surface area contributed by atoms with Gasteiger partial charge in [0.1, 0.15) is 11.4 Å². The van der Waals surface area contributed by atoms with Gasteiger partial charge in [0.2, 0.25) is 5.78 Å². The molecule has 2 saturated carbocycles. The van der Waals surface area contributed by atoms with Crippen LogP contribution >= 0.6 is 0 Å². The van der Waals surface area contributed by atoms with Gasteiger partial charge in [0, 0.05) is 5.41 Å². The molecule has 2 fully saturated rings. The monoisotopic (exact) mass is 388 g/mol. The zero-order chi connectivity index (χ0) is 20.2. The SMILES string of the molecule is C[C@]12CC[C@@H]3c4ccc(O)cc4CC[C@H]3[C@@H]1CC[C@@]2(O)C#CC(=O)C1C=CC=C1. The number of carbonyl (C=O) groups is 1. The number of aryl methyl sites for hydroxylation is 1. The number of carbonyl (C=O) groups excluding carboxylic acids is 1. The smallest absolute Gasteiger partial charge is 0.216 e. The van der Waals surface area contributed by atoms with Crippen LogP contribution in [0.15, 0.2) is 42.5 Å². The van der Waals surface area contributed by atoms with Crippen LogP contribution < -0.4 is 0 Å². The maximum Gasteiger partial charge on any atom is 0.216 e. The van der Waals surface area contributed by atoms with E-state index in [4.69, 9.17) is 0 Å². The predicted molar refractivity (Wildman–Crippen MR) is 112 cm³/mol. The summed E-state index contributed by atoms with van der Waals surface area (Å²) in [7, 11) is 0. The summed E-state index contributed by atoms with van der Waals surface area (Å²) in [4.78, 5) is 12.4. The van der Waals surface area contributed by atoms with Gasteiger partial charge in [-0.1, -0.05) is 43.2 Å². The summed E-state index contributed by atoms with van der Waals surface area (Å²) >= 11 is 0. The van der Waals surface area contributed by atoms with Gasteiger partial charge in [-0.25, -0.2) is 0 Å². The minimum absolute atomic E-state index is 0.129. The number of aromatic hydroxyl groups is 1. The van der Waals surface area contributed by atoms with Gasteiger partial charge >= 0.3 is 0 Å². The molecular weight excluding hydrogens is 360 g/mol. The van der Waals surface area contributed by atoms with Crippen molar-refractivity contribution in [2.45, 2.75) is 57.0 Å². The first-order chi connectivity index (χ1) is 13.9. The zero-order valence-electron chi connectivity index (χ0n) is 16.9. The Morgan fingerprint density at radius 2 is 1.93 bits per heavy atom. The van der Waals surface area contributed by atoms with Crippen molar-refractivity contribution in [1.82, 2.24) is 0 Å². The van der Waals surface area contributed by atoms with Crippen LogP contribution in [0.5, 0.6) is 5.75 Å². The average Bonchev–Trinajstić information content (AvgIpc) is 3.33. The van der Waals surface area contributed by atoms with E-state index in [1.165, 1.54) is 11.1 Å². The number of phenolic OH excluding ortho intramolecular Hbond substituents is 1. The number of phenols is 1. The Hall–Kier alpha value is -2.31. The quantitative estimate of drug-likeness (QED) is 0.557. The molecule has 4 aliphatic rings. The average molecular weight is 389 g/mol. The summed E-state index contributed by atoms with van der Waals surface area (Å²) in [6.07, 6.45) is 13.1. The number of rotatable bonds is 1. The van der Waals surface area contributed by atoms with E-state index in [9.17, 15) is 15.0 Å². The molecule has 1 aromatic rings. The van der Waals surface area contributed by atoms with Crippen molar-refractivity contribution in [3.63, 3.8) is 0 Å². The molecule has 0 unspecified atom stereocenters. The van der Waals surface area contributed by atoms with E-state index in [-0.39, 0.29) is 17.1 Å². The molecule has 1 aromatic carbocycles. The van der Waals surface area contributed by atoms with Crippen LogP contribution in [-0.4, -0.2) is 21.6 Å². The Morgan fingerprint density at radius 3 is 2.72 bits per heavy atom. The number of allylic oxidation sites excluding steroid dienone is 4. The molecule has 3 nitrogen and oxygen atoms in total. The molecule has 0 radical (unpaired) electrons. The lowest BCUT2D eigenvalue weighted by Crippen LogP contribution is -2.50. The van der Waals surface area contributed by atoms with Crippen molar-refractivity contribution < 1.29 is 15.0 Å². The standard InChI is InChI=1S/C26H28O3/c1-25-13-10-21-20-9-7-19(27)16-18(20)6-8-22(21)23(25)11-14-26(25,29)15-12-24(28)17-4-2-3-5-17/h2-5,7,9,16-17,21-23,27,29H,6,8,10-11,13-14H2,1H3/t21-,22-,23+,25+,26-/m1/s1. The molecule has 0 saturated heterocycles. The molecule has 0 spiro atoms. The second-order valence-electron chi connectivity index (χ2n) is 9.56. The molecule has 0 bridgehead atoms. The summed E-state index contributed by atoms with van der Waals surface area (Å²) in [5, 5.41) is 21.4. The van der Waals surface area contributed by atoms with E-state index in [1.54, 1.807) is 0 Å². The number of Topliss-reactive ketones (excluding diaryl/α,β-unsaturated/α-hetero) is 1. The topological polar surface area (TPSA) is 57.5 Å². The minimum Gasteiger partial charge on any atom is -0.508 e. The van der Waals surface area contributed by atoms with Gasteiger partial charge in [-0.15, -0.1) is 0 Å². The van der Waals surface area contributed by atoms with E-state index >= 15 is 0 Å². The van der Waals surface area contributed by atoms with Gasteiger partial charge in [0.15, 0.2) is 0 Å². The zero-order valence-corrected chi connectivity index (χ0v) is 16.9. The van der Waals surface area contributed by atoms with E-state index < -0.39 is 5.60 Å². The number of benzene rings is 1. The van der Waals surface area contributed by atoms with E-state index in [1.807, 2.05) is 36.4 Å². The van der Waals surface area contributed by atoms with Gasteiger partial charge in [-0.3, -0.25) is 4.79 Å². The van der Waals surface area contributed by atoms with Gasteiger partial charge in [0.05, 0.1) is 5.92 Å². The molecular formula is C26H28O3. The first kappa shape index (κ1) is 18.7. The van der Waals surface area contributed by atoms with Crippen molar-refractivity contribution in [1.29, 1.82) is 0 Å². The molecule has 0 aromatic heterocycles. The maximum absolute atomic E-state index is 12.4. The van der Waals surface area contributed by atoms with Crippen molar-refractivity contribution in [2.75, 3.05) is 0 Å². The fourth-order valence-corrected chi connectivity index (χ4v) is 6.65. The Labute approximate surface area is 172 Å². The van der Waals surface area contributed by atoms with Crippen molar-refractivity contribution in [3.8, 4) is 17.6 Å². The number of aliphatic hydroxyl groups is 1. The maximum atomic E-state index is 12.4. The fourth-order valence-electron chi connectivity index (χ4n) is 6.65. The second-order valence-corrected chi connectivity index (χ2v) is 9.56. The highest BCUT2D eigenvalue weighted by molar-refractivity contribution is 6.00. The third-order valence-corrected chi connectivity index (χ3v) is 8.30. The van der Waals surface area contributed by atoms with Crippen LogP contribution in [0, 0.1) is 35.0 Å². The lowest BCUT2D eigenvalue weighted by molar-refractivity contribution is -0.115. The Morgan fingerprint density at radius 1 is 1.14 bits per heavy atom. The van der Waals surface area contributed by atoms with E-state index in [2.05, 4.69) is 24.8 Å². The van der Waals surface area contributed by atoms with Crippen molar-refractivity contribution in [2.24, 2.45) is 23.2 Å². The first-order valence-corrected chi connectivity index (χ1v) is 10.9. The van der Waals surface area contributed by atoms with Crippen LogP contribution in [-0.2, 0) is 11.2 Å². The highest BCUT2D eigenvalue weighted by Crippen LogP contribution is 2.64. The van der Waals surface area contributed by atoms with Gasteiger partial charge < -0.3 is 10.2 Å². The first-order valence-electron chi connectivity index (χ1n) is 10.9. The molecule has 0 heterocycles. The Balaban J connectivity index is 1.42. The summed E-state index contributed by atoms with van der Waals surface area (Å²) in [5.41, 5.74) is 1.32. The summed E-state index contributed by atoms with van der Waals surface area (Å²) in [6.45, 7) is 2.20. The molecule has 150 valence electrons. The van der Waals surface area contributed by atoms with E-state index in [0.29, 0.717) is 29.9 Å². The van der Waals surface area contributed by atoms with E-state index in [0.717, 1.165) is 32.1 Å². The summed E-state index contributed by atoms with van der Waals surface area (Å²) in [6, 6.07) is 5.84. The molecule has 5 atom stereocenters. The molecule has 29 heavy (non-hydrogen) atoms. The van der Waals surface area contributed by atoms with Crippen LogP contribution in [0.2, 0.25) is 0 Å². The molecule has 2 N–H and O–H groups in total. The third-order valence-electron chi connectivity index (χ3n) is 8.30. The van der Waals surface area contributed by atoms with Gasteiger partial charge in [0.25, 0.3) is 0 Å². The summed E-state index contributed by atoms with van der Waals surface area (Å²) in [5.74, 6) is 7.26. The number of ketones is 1. The van der Waals surface area contributed by atoms with Crippen molar-refractivity contribution >= 4 is 5.78 Å². The Bertz CT molecular complexity index is 965. The third kappa shape index (κ3) is 2.81. The molecule has 0 amide bonds. The number of fused-ring (bicyclic) bond motifs is 5. The number of hydrogen-bond donors (Lipinski definition) is 2. The van der Waals surface area contributed by atoms with Crippen LogP contribution in [0.3, 0.4) is 0 Å². The lowest BCUT2D eigenvalue weighted by atomic mass is 9.53. The predicted octanol–water partition coefficient (Wildman–Crippen LogP) is 4.29. The Kier molecular flexibility index (Phi) is 4.26. The highest BCUT2D eigenvalue weighted by atomic mass is 16.3. The minimum atomic E-state index is -1.08. The number of hydrogen-bond acceptors (Lipinski definition) is 3. The molecule has 3 heteroatoms. The van der Waals surface area contributed by atoms with Gasteiger partial charge in [-0.2, -0.15) is 0 Å². The molecule has 0 aliphatic heterocycles. The highest BCUT2D eigenvalue weighted by Gasteiger charge is 2.61. The van der Waals surface area contributed by atoms with Crippen LogP contribution in [0.1, 0.15) is 56.1 Å². The fraction of sp³-hybridized carbons (Fsp3) is 0.500. The van der Waals surface area contributed by atoms with Gasteiger partial charge in [-0.05, 0) is 85.5 Å². The molecule has 4 aliphatic carbocycles. The normalized spacial score (nSPS) is 37.4. The largest absolute Gasteiger partial charge is 0.508 e. The molecule has 5 rings (SSSR count). The second kappa shape index (κ2) is 6.61. The van der Waals surface area contributed by atoms with Crippen LogP contribution in [0.25, 0.3) is 0 Å².